The van der Waals surface area contributed by atoms with Crippen molar-refractivity contribution >= 4 is 5.91 Å². The minimum atomic E-state index is -1.98. The molecule has 1 amide bonds. The van der Waals surface area contributed by atoms with E-state index < -0.39 is 124 Å². The minimum Gasteiger partial charge on any atom is -0.394 e. The molecule has 0 saturated carbocycles. The Morgan fingerprint density at radius 2 is 0.703 bits per heavy atom. The molecule has 534 valence electrons. The highest BCUT2D eigenvalue weighted by molar-refractivity contribution is 5.76. The number of hydrogen-bond donors (Lipinski definition) is 12. The zero-order valence-electron chi connectivity index (χ0n) is 56.6. The van der Waals surface area contributed by atoms with Crippen LogP contribution in [0.3, 0.4) is 0 Å². The number of rotatable bonds is 57. The highest BCUT2D eigenvalue weighted by Crippen LogP contribution is 2.33. The summed E-state index contributed by atoms with van der Waals surface area (Å²) in [5.41, 5.74) is 0. The van der Waals surface area contributed by atoms with E-state index in [9.17, 15) is 61.0 Å². The fourth-order valence-corrected chi connectivity index (χ4v) is 12.5. The maximum absolute atomic E-state index is 13.4. The van der Waals surface area contributed by atoms with Crippen molar-refractivity contribution in [3.05, 3.63) is 36.5 Å². The van der Waals surface area contributed by atoms with E-state index in [1.54, 1.807) is 6.08 Å². The Balaban J connectivity index is 1.44. The molecule has 0 aromatic carbocycles. The van der Waals surface area contributed by atoms with Crippen LogP contribution >= 0.6 is 0 Å². The normalized spacial score (nSPS) is 28.0. The van der Waals surface area contributed by atoms with E-state index in [0.717, 1.165) is 44.9 Å². The number of aliphatic hydroxyl groups excluding tert-OH is 11. The second-order valence-corrected chi connectivity index (χ2v) is 26.4. The van der Waals surface area contributed by atoms with E-state index in [0.29, 0.717) is 12.8 Å². The van der Waals surface area contributed by atoms with Gasteiger partial charge in [0.05, 0.1) is 38.6 Å². The van der Waals surface area contributed by atoms with Crippen molar-refractivity contribution in [2.45, 2.75) is 388 Å². The van der Waals surface area contributed by atoms with Crippen molar-refractivity contribution < 1.29 is 89.4 Å². The van der Waals surface area contributed by atoms with Crippen LogP contribution in [0.4, 0.5) is 0 Å². The number of unbranched alkanes of at least 4 members (excludes halogenated alkanes) is 37. The number of carbonyl (C=O) groups is 1. The first kappa shape index (κ1) is 83.2. The van der Waals surface area contributed by atoms with Crippen molar-refractivity contribution in [1.82, 2.24) is 5.32 Å². The molecule has 17 atom stereocenters. The third kappa shape index (κ3) is 35.7. The molecule has 3 saturated heterocycles. The van der Waals surface area contributed by atoms with Crippen molar-refractivity contribution in [2.24, 2.45) is 0 Å². The van der Waals surface area contributed by atoms with Crippen molar-refractivity contribution in [3.8, 4) is 0 Å². The second-order valence-electron chi connectivity index (χ2n) is 26.4. The Labute approximate surface area is 549 Å². The van der Waals surface area contributed by atoms with Crippen LogP contribution in [-0.2, 0) is 33.2 Å². The Bertz CT molecular complexity index is 1790. The van der Waals surface area contributed by atoms with Gasteiger partial charge >= 0.3 is 0 Å². The Kier molecular flexibility index (Phi) is 49.5. The van der Waals surface area contributed by atoms with Gasteiger partial charge in [-0.3, -0.25) is 4.79 Å². The summed E-state index contributed by atoms with van der Waals surface area (Å²) in [5, 5.41) is 121. The summed E-state index contributed by atoms with van der Waals surface area (Å²) in [6.45, 7) is 1.74. The standard InChI is InChI=1S/C72H133NO18/c1-3-5-7-9-11-13-15-17-19-21-23-24-25-26-27-28-29-30-32-33-35-37-39-41-43-45-47-49-56(77)55(73-60(78)50-48-46-44-42-40-38-36-34-31-22-20-18-16-14-12-10-8-6-4-2)54-86-70-66(84)63(81)68(58(52-75)88-70)91-72-67(85)64(82)69(59(53-76)89-72)90-71-65(83)62(80)61(79)57(51-74)87-71/h32-33,39,41,47,49,55-59,61-72,74-77,79-85H,3-31,34-38,40,42-46,48,50-54H2,1-2H3,(H,73,78)/b33-32+,41-39+,49-47+. The van der Waals surface area contributed by atoms with Crippen LogP contribution in [0.2, 0.25) is 0 Å². The average molecular weight is 1300 g/mol. The zero-order valence-corrected chi connectivity index (χ0v) is 56.6. The fourth-order valence-electron chi connectivity index (χ4n) is 12.5. The molecule has 0 aromatic heterocycles. The van der Waals surface area contributed by atoms with Gasteiger partial charge in [-0.15, -0.1) is 0 Å². The predicted molar refractivity (Wildman–Crippen MR) is 356 cm³/mol. The van der Waals surface area contributed by atoms with Crippen molar-refractivity contribution in [3.63, 3.8) is 0 Å². The van der Waals surface area contributed by atoms with Gasteiger partial charge in [0.2, 0.25) is 5.91 Å². The Morgan fingerprint density at radius 1 is 0.385 bits per heavy atom. The van der Waals surface area contributed by atoms with Crippen molar-refractivity contribution in [2.75, 3.05) is 26.4 Å². The van der Waals surface area contributed by atoms with Gasteiger partial charge in [0.1, 0.15) is 73.2 Å². The quantitative estimate of drug-likeness (QED) is 0.0199. The largest absolute Gasteiger partial charge is 0.394 e. The monoisotopic (exact) mass is 1300 g/mol. The molecular formula is C72H133NO18. The first-order chi connectivity index (χ1) is 44.3. The van der Waals surface area contributed by atoms with Crippen LogP contribution in [0, 0.1) is 0 Å². The summed E-state index contributed by atoms with van der Waals surface area (Å²) < 4.78 is 34.4. The lowest BCUT2D eigenvalue weighted by atomic mass is 9.96. The molecule has 3 fully saturated rings. The van der Waals surface area contributed by atoms with Gasteiger partial charge in [-0.05, 0) is 44.9 Å². The van der Waals surface area contributed by atoms with Gasteiger partial charge in [-0.2, -0.15) is 0 Å². The highest BCUT2D eigenvalue weighted by atomic mass is 16.8. The molecule has 17 unspecified atom stereocenters. The summed E-state index contributed by atoms with van der Waals surface area (Å²) in [7, 11) is 0. The lowest BCUT2D eigenvalue weighted by molar-refractivity contribution is -0.379. The van der Waals surface area contributed by atoms with Gasteiger partial charge < -0.3 is 89.9 Å². The maximum atomic E-state index is 13.4. The van der Waals surface area contributed by atoms with Crippen LogP contribution in [0.15, 0.2) is 36.5 Å². The van der Waals surface area contributed by atoms with Crippen molar-refractivity contribution in [1.29, 1.82) is 0 Å². The summed E-state index contributed by atoms with van der Waals surface area (Å²) in [6, 6.07) is -0.995. The summed E-state index contributed by atoms with van der Waals surface area (Å²) in [5.74, 6) is -0.285. The molecule has 19 nitrogen and oxygen atoms in total. The molecule has 3 aliphatic rings. The number of allylic oxidation sites excluding steroid dienone is 5. The smallest absolute Gasteiger partial charge is 0.220 e. The first-order valence-corrected chi connectivity index (χ1v) is 36.7. The lowest BCUT2D eigenvalue weighted by Crippen LogP contribution is -2.66. The van der Waals surface area contributed by atoms with Gasteiger partial charge in [0.25, 0.3) is 0 Å². The molecule has 0 spiro atoms. The molecule has 0 aliphatic carbocycles. The third-order valence-electron chi connectivity index (χ3n) is 18.4. The number of ether oxygens (including phenoxy) is 6. The lowest BCUT2D eigenvalue weighted by Gasteiger charge is -2.48. The van der Waals surface area contributed by atoms with E-state index in [1.165, 1.54) is 205 Å². The van der Waals surface area contributed by atoms with Crippen LogP contribution in [0.5, 0.6) is 0 Å². The second kappa shape index (κ2) is 54.1. The Hall–Kier alpha value is -1.99. The number of carbonyl (C=O) groups excluding carboxylic acids is 1. The molecule has 91 heavy (non-hydrogen) atoms. The van der Waals surface area contributed by atoms with E-state index in [4.69, 9.17) is 28.4 Å². The van der Waals surface area contributed by atoms with Gasteiger partial charge in [-0.25, -0.2) is 0 Å². The van der Waals surface area contributed by atoms with Gasteiger partial charge in [0, 0.05) is 6.42 Å². The van der Waals surface area contributed by atoms with Gasteiger partial charge in [-0.1, -0.05) is 269 Å². The molecule has 19 heteroatoms. The van der Waals surface area contributed by atoms with Crippen LogP contribution in [0.25, 0.3) is 0 Å². The molecule has 3 rings (SSSR count). The maximum Gasteiger partial charge on any atom is 0.220 e. The molecule has 3 aliphatic heterocycles. The molecular weight excluding hydrogens is 1170 g/mol. The minimum absolute atomic E-state index is 0.236. The molecule has 0 radical (unpaired) electrons. The van der Waals surface area contributed by atoms with E-state index in [-0.39, 0.29) is 18.9 Å². The number of amides is 1. The van der Waals surface area contributed by atoms with Crippen LogP contribution in [-0.4, -0.2) is 193 Å². The predicted octanol–water partition coefficient (Wildman–Crippen LogP) is 10.4. The van der Waals surface area contributed by atoms with E-state index >= 15 is 0 Å². The first-order valence-electron chi connectivity index (χ1n) is 36.7. The fraction of sp³-hybridized carbons (Fsp3) is 0.903. The molecule has 3 heterocycles. The van der Waals surface area contributed by atoms with Crippen LogP contribution in [0.1, 0.15) is 284 Å². The van der Waals surface area contributed by atoms with E-state index in [1.807, 2.05) is 6.08 Å². The zero-order chi connectivity index (χ0) is 66.1. The molecule has 0 bridgehead atoms. The number of aliphatic hydroxyl groups is 11. The van der Waals surface area contributed by atoms with Crippen LogP contribution < -0.4 is 5.32 Å². The molecule has 0 aromatic rings. The SMILES string of the molecule is CCCCCCCCCCCCCCCCCCC/C=C/CC/C=C/CC/C=C/C(O)C(COC1OC(CO)C(OC2OC(CO)C(OC3OC(CO)C(O)C(O)C3O)C(O)C2O)C(O)C1O)NC(=O)CCCCCCCCCCCCCCCCCCCCC. The highest BCUT2D eigenvalue weighted by Gasteiger charge is 2.53. The Morgan fingerprint density at radius 3 is 1.10 bits per heavy atom. The topological polar surface area (TPSA) is 307 Å². The third-order valence-corrected chi connectivity index (χ3v) is 18.4. The summed E-state index contributed by atoms with van der Waals surface area (Å²) in [4.78, 5) is 13.4. The summed E-state index contributed by atoms with van der Waals surface area (Å²) in [6.07, 6.45) is 37.0. The van der Waals surface area contributed by atoms with Gasteiger partial charge in [0.15, 0.2) is 18.9 Å². The number of hydrogen-bond acceptors (Lipinski definition) is 18. The molecule has 12 N–H and O–H groups in total. The van der Waals surface area contributed by atoms with E-state index in [2.05, 4.69) is 43.5 Å². The summed E-state index contributed by atoms with van der Waals surface area (Å²) >= 11 is 0. The number of nitrogens with one attached hydrogen (secondary N) is 1. The average Bonchev–Trinajstić information content (AvgIpc) is 0.885.